The van der Waals surface area contributed by atoms with E-state index in [2.05, 4.69) is 29.2 Å². The Hall–Kier alpha value is -1.40. The van der Waals surface area contributed by atoms with Gasteiger partial charge in [0, 0.05) is 31.9 Å². The van der Waals surface area contributed by atoms with Crippen LogP contribution in [0.5, 0.6) is 0 Å². The van der Waals surface area contributed by atoms with Crippen LogP contribution in [-0.2, 0) is 23.0 Å². The Labute approximate surface area is 127 Å². The molecule has 1 heterocycles. The van der Waals surface area contributed by atoms with Gasteiger partial charge in [0.1, 0.15) is 6.04 Å². The number of rotatable bonds is 9. The summed E-state index contributed by atoms with van der Waals surface area (Å²) in [5, 5.41) is 7.71. The number of carbonyl (C=O) groups is 1. The van der Waals surface area contributed by atoms with E-state index in [1.807, 2.05) is 20.2 Å². The molecule has 1 rings (SSSR count). The second-order valence-electron chi connectivity index (χ2n) is 5.00. The van der Waals surface area contributed by atoms with Crippen LogP contribution in [-0.4, -0.2) is 53.9 Å². The summed E-state index contributed by atoms with van der Waals surface area (Å²) >= 11 is 0. The van der Waals surface area contributed by atoms with Gasteiger partial charge in [0.25, 0.3) is 0 Å². The van der Waals surface area contributed by atoms with Crippen LogP contribution in [0.15, 0.2) is 6.20 Å². The maximum Gasteiger partial charge on any atom is 0.327 e. The molecule has 1 atom stereocenters. The van der Waals surface area contributed by atoms with Crippen molar-refractivity contribution in [3.05, 3.63) is 17.5 Å². The Morgan fingerprint density at radius 3 is 2.62 bits per heavy atom. The summed E-state index contributed by atoms with van der Waals surface area (Å²) in [7, 11) is 3.29. The Morgan fingerprint density at radius 2 is 2.10 bits per heavy atom. The van der Waals surface area contributed by atoms with E-state index in [4.69, 9.17) is 4.74 Å². The minimum atomic E-state index is -0.450. The first-order valence-electron chi connectivity index (χ1n) is 7.63. The van der Waals surface area contributed by atoms with Crippen molar-refractivity contribution >= 4 is 5.97 Å². The average Bonchev–Trinajstić information content (AvgIpc) is 2.87. The SMILES string of the molecule is CCc1nn(C)cc1C(NCCN(CC)CC)C(=O)OC. The smallest absolute Gasteiger partial charge is 0.327 e. The van der Waals surface area contributed by atoms with Crippen LogP contribution in [0.25, 0.3) is 0 Å². The minimum Gasteiger partial charge on any atom is -0.468 e. The molecule has 6 heteroatoms. The number of carbonyl (C=O) groups excluding carboxylic acids is 1. The monoisotopic (exact) mass is 296 g/mol. The van der Waals surface area contributed by atoms with Gasteiger partial charge in [-0.05, 0) is 19.5 Å². The van der Waals surface area contributed by atoms with Gasteiger partial charge in [-0.15, -0.1) is 0 Å². The van der Waals surface area contributed by atoms with E-state index in [-0.39, 0.29) is 5.97 Å². The molecule has 1 aromatic heterocycles. The highest BCUT2D eigenvalue weighted by Gasteiger charge is 2.25. The van der Waals surface area contributed by atoms with Crippen molar-refractivity contribution in [2.45, 2.75) is 33.2 Å². The molecular weight excluding hydrogens is 268 g/mol. The van der Waals surface area contributed by atoms with E-state index >= 15 is 0 Å². The highest BCUT2D eigenvalue weighted by atomic mass is 16.5. The third-order valence-corrected chi connectivity index (χ3v) is 3.69. The van der Waals surface area contributed by atoms with Gasteiger partial charge in [-0.3, -0.25) is 10.00 Å². The number of ether oxygens (including phenoxy) is 1. The van der Waals surface area contributed by atoms with Gasteiger partial charge in [0.05, 0.1) is 12.8 Å². The van der Waals surface area contributed by atoms with Crippen molar-refractivity contribution in [2.24, 2.45) is 7.05 Å². The van der Waals surface area contributed by atoms with Crippen LogP contribution in [0.4, 0.5) is 0 Å². The first-order chi connectivity index (χ1) is 10.1. The summed E-state index contributed by atoms with van der Waals surface area (Å²) < 4.78 is 6.68. The number of hydrogen-bond donors (Lipinski definition) is 1. The molecule has 0 aliphatic carbocycles. The zero-order valence-electron chi connectivity index (χ0n) is 13.8. The molecule has 0 saturated heterocycles. The maximum atomic E-state index is 12.1. The lowest BCUT2D eigenvalue weighted by Crippen LogP contribution is -2.37. The lowest BCUT2D eigenvalue weighted by molar-refractivity contribution is -0.143. The highest BCUT2D eigenvalue weighted by molar-refractivity contribution is 5.77. The lowest BCUT2D eigenvalue weighted by atomic mass is 10.1. The molecular formula is C15H28N4O2. The molecule has 0 radical (unpaired) electrons. The van der Waals surface area contributed by atoms with Crippen molar-refractivity contribution in [3.63, 3.8) is 0 Å². The van der Waals surface area contributed by atoms with Gasteiger partial charge in [-0.1, -0.05) is 20.8 Å². The van der Waals surface area contributed by atoms with Crippen molar-refractivity contribution in [1.82, 2.24) is 20.0 Å². The van der Waals surface area contributed by atoms with Crippen LogP contribution in [0.3, 0.4) is 0 Å². The molecule has 1 N–H and O–H groups in total. The summed E-state index contributed by atoms with van der Waals surface area (Å²) in [5.41, 5.74) is 1.84. The van der Waals surface area contributed by atoms with E-state index < -0.39 is 6.04 Å². The van der Waals surface area contributed by atoms with Gasteiger partial charge >= 0.3 is 5.97 Å². The van der Waals surface area contributed by atoms with Crippen molar-refractivity contribution < 1.29 is 9.53 Å². The molecule has 0 saturated carbocycles. The van der Waals surface area contributed by atoms with E-state index in [9.17, 15) is 4.79 Å². The number of hydrogen-bond acceptors (Lipinski definition) is 5. The molecule has 1 unspecified atom stereocenters. The number of aryl methyl sites for hydroxylation is 2. The van der Waals surface area contributed by atoms with Crippen LogP contribution in [0.2, 0.25) is 0 Å². The number of likely N-dealkylation sites (N-methyl/N-ethyl adjacent to an activating group) is 1. The normalized spacial score (nSPS) is 12.7. The number of nitrogens with one attached hydrogen (secondary N) is 1. The zero-order valence-corrected chi connectivity index (χ0v) is 13.8. The first-order valence-corrected chi connectivity index (χ1v) is 7.63. The van der Waals surface area contributed by atoms with E-state index in [1.54, 1.807) is 4.68 Å². The van der Waals surface area contributed by atoms with Gasteiger partial charge in [-0.2, -0.15) is 5.10 Å². The third kappa shape index (κ3) is 4.82. The Balaban J connectivity index is 2.79. The third-order valence-electron chi connectivity index (χ3n) is 3.69. The summed E-state index contributed by atoms with van der Waals surface area (Å²) in [6.45, 7) is 9.97. The standard InChI is InChI=1S/C15H28N4O2/c1-6-13-12(11-18(4)17-13)14(15(20)21-5)16-9-10-19(7-2)8-3/h11,14,16H,6-10H2,1-5H3. The minimum absolute atomic E-state index is 0.266. The van der Waals surface area contributed by atoms with E-state index in [0.29, 0.717) is 0 Å². The van der Waals surface area contributed by atoms with Gasteiger partial charge in [0.2, 0.25) is 0 Å². The maximum absolute atomic E-state index is 12.1. The number of methoxy groups -OCH3 is 1. The molecule has 0 spiro atoms. The van der Waals surface area contributed by atoms with E-state index in [1.165, 1.54) is 7.11 Å². The fraction of sp³-hybridized carbons (Fsp3) is 0.733. The van der Waals surface area contributed by atoms with E-state index in [0.717, 1.165) is 43.9 Å². The van der Waals surface area contributed by atoms with Crippen LogP contribution < -0.4 is 5.32 Å². The quantitative estimate of drug-likeness (QED) is 0.692. The summed E-state index contributed by atoms with van der Waals surface area (Å²) in [6, 6.07) is -0.450. The molecule has 0 bridgehead atoms. The van der Waals surface area contributed by atoms with Crippen molar-refractivity contribution in [1.29, 1.82) is 0 Å². The molecule has 0 aromatic carbocycles. The lowest BCUT2D eigenvalue weighted by Gasteiger charge is -2.21. The highest BCUT2D eigenvalue weighted by Crippen LogP contribution is 2.18. The average molecular weight is 296 g/mol. The Bertz CT molecular complexity index is 441. The summed E-state index contributed by atoms with van der Waals surface area (Å²) in [6.07, 6.45) is 2.69. The topological polar surface area (TPSA) is 59.4 Å². The second-order valence-corrected chi connectivity index (χ2v) is 5.00. The molecule has 21 heavy (non-hydrogen) atoms. The summed E-state index contributed by atoms with van der Waals surface area (Å²) in [5.74, 6) is -0.266. The van der Waals surface area contributed by atoms with Gasteiger partial charge < -0.3 is 9.64 Å². The fourth-order valence-electron chi connectivity index (χ4n) is 2.41. The molecule has 1 aromatic rings. The molecule has 0 fully saturated rings. The van der Waals surface area contributed by atoms with Crippen LogP contribution in [0.1, 0.15) is 38.1 Å². The summed E-state index contributed by atoms with van der Waals surface area (Å²) in [4.78, 5) is 14.4. The Kier molecular flexibility index (Phi) is 7.39. The Morgan fingerprint density at radius 1 is 1.43 bits per heavy atom. The fourth-order valence-corrected chi connectivity index (χ4v) is 2.41. The molecule has 0 amide bonds. The number of nitrogens with zero attached hydrogens (tertiary/aromatic N) is 3. The number of aromatic nitrogens is 2. The molecule has 0 aliphatic heterocycles. The van der Waals surface area contributed by atoms with Crippen molar-refractivity contribution in [3.8, 4) is 0 Å². The van der Waals surface area contributed by atoms with Gasteiger partial charge in [-0.25, -0.2) is 4.79 Å². The predicted molar refractivity (Wildman–Crippen MR) is 83.1 cm³/mol. The molecule has 6 nitrogen and oxygen atoms in total. The van der Waals surface area contributed by atoms with Crippen LogP contribution in [0, 0.1) is 0 Å². The van der Waals surface area contributed by atoms with Crippen LogP contribution >= 0.6 is 0 Å². The number of esters is 1. The molecule has 120 valence electrons. The van der Waals surface area contributed by atoms with Gasteiger partial charge in [0.15, 0.2) is 0 Å². The zero-order chi connectivity index (χ0) is 15.8. The molecule has 0 aliphatic rings. The second kappa shape index (κ2) is 8.79. The first kappa shape index (κ1) is 17.7. The predicted octanol–water partition coefficient (Wildman–Crippen LogP) is 1.13. The van der Waals surface area contributed by atoms with Crippen molar-refractivity contribution in [2.75, 3.05) is 33.3 Å². The largest absolute Gasteiger partial charge is 0.468 e.